The first-order valence-electron chi connectivity index (χ1n) is 6.50. The smallest absolute Gasteiger partial charge is 0.0722 e. The number of hydrogen-bond acceptors (Lipinski definition) is 3. The fourth-order valence-corrected chi connectivity index (χ4v) is 2.09. The third-order valence-electron chi connectivity index (χ3n) is 3.45. The Bertz CT molecular complexity index is 503. The van der Waals surface area contributed by atoms with Crippen molar-refractivity contribution in [2.45, 2.75) is 13.8 Å². The molecule has 3 N–H and O–H groups in total. The van der Waals surface area contributed by atoms with E-state index in [2.05, 4.69) is 36.3 Å². The molecule has 1 aromatic carbocycles. The van der Waals surface area contributed by atoms with Gasteiger partial charge in [0.15, 0.2) is 0 Å². The highest BCUT2D eigenvalue weighted by molar-refractivity contribution is 5.91. The summed E-state index contributed by atoms with van der Waals surface area (Å²) in [6.07, 6.45) is 1.82. The molecule has 0 amide bonds. The fraction of sp³-hybridized carbons (Fsp3) is 0.400. The summed E-state index contributed by atoms with van der Waals surface area (Å²) in [5, 5.41) is 4.67. The summed E-state index contributed by atoms with van der Waals surface area (Å²) < 4.78 is 0. The summed E-state index contributed by atoms with van der Waals surface area (Å²) >= 11 is 0. The van der Waals surface area contributed by atoms with Crippen LogP contribution in [0.2, 0.25) is 0 Å². The largest absolute Gasteiger partial charge is 0.384 e. The number of nitrogens with one attached hydrogen (secondary N) is 1. The van der Waals surface area contributed by atoms with Crippen LogP contribution >= 0.6 is 0 Å². The third kappa shape index (κ3) is 2.79. The number of nitrogens with zero attached hydrogens (tertiary/aromatic N) is 1. The molecule has 96 valence electrons. The zero-order valence-electron chi connectivity index (χ0n) is 11.1. The van der Waals surface area contributed by atoms with Crippen molar-refractivity contribution < 1.29 is 0 Å². The van der Waals surface area contributed by atoms with E-state index in [-0.39, 0.29) is 0 Å². The van der Waals surface area contributed by atoms with Gasteiger partial charge in [-0.25, -0.2) is 0 Å². The van der Waals surface area contributed by atoms with Crippen molar-refractivity contribution >= 4 is 16.6 Å². The summed E-state index contributed by atoms with van der Waals surface area (Å²) in [7, 11) is 0. The molecular weight excluding hydrogens is 222 g/mol. The monoisotopic (exact) mass is 243 g/mol. The standard InChI is InChI=1S/C15H21N3/c1-11(2)12(9-16)10-18-15-7-3-6-14-13(15)5-4-8-17-14/h3-8,11-12,18H,9-10,16H2,1-2H3. The van der Waals surface area contributed by atoms with Crippen LogP contribution in [0.1, 0.15) is 13.8 Å². The lowest BCUT2D eigenvalue weighted by atomic mass is 9.96. The SMILES string of the molecule is CC(C)C(CN)CNc1cccc2ncccc12. The van der Waals surface area contributed by atoms with E-state index >= 15 is 0 Å². The van der Waals surface area contributed by atoms with Gasteiger partial charge in [0, 0.05) is 23.8 Å². The van der Waals surface area contributed by atoms with Crippen molar-refractivity contribution in [2.24, 2.45) is 17.6 Å². The van der Waals surface area contributed by atoms with Crippen LogP contribution in [0.25, 0.3) is 10.9 Å². The molecule has 2 aromatic rings. The molecule has 0 aliphatic rings. The zero-order chi connectivity index (χ0) is 13.0. The Morgan fingerprint density at radius 3 is 2.78 bits per heavy atom. The molecule has 0 fully saturated rings. The Balaban J connectivity index is 2.17. The number of hydrogen-bond donors (Lipinski definition) is 2. The first-order valence-corrected chi connectivity index (χ1v) is 6.50. The first kappa shape index (κ1) is 12.8. The Kier molecular flexibility index (Phi) is 4.15. The van der Waals surface area contributed by atoms with E-state index in [0.717, 1.165) is 17.7 Å². The molecule has 0 aliphatic heterocycles. The highest BCUT2D eigenvalue weighted by Gasteiger charge is 2.11. The minimum Gasteiger partial charge on any atom is -0.384 e. The lowest BCUT2D eigenvalue weighted by Gasteiger charge is -2.20. The number of pyridine rings is 1. The summed E-state index contributed by atoms with van der Waals surface area (Å²) in [5.74, 6) is 1.09. The van der Waals surface area contributed by atoms with Crippen LogP contribution < -0.4 is 11.1 Å². The molecule has 0 saturated carbocycles. The van der Waals surface area contributed by atoms with Crippen LogP contribution in [-0.2, 0) is 0 Å². The van der Waals surface area contributed by atoms with Gasteiger partial charge in [0.1, 0.15) is 0 Å². The summed E-state index contributed by atoms with van der Waals surface area (Å²) in [6, 6.07) is 10.2. The number of fused-ring (bicyclic) bond motifs is 1. The number of nitrogens with two attached hydrogens (primary N) is 1. The van der Waals surface area contributed by atoms with Gasteiger partial charge in [0.05, 0.1) is 5.52 Å². The number of anilines is 1. The number of aromatic nitrogens is 1. The highest BCUT2D eigenvalue weighted by Crippen LogP contribution is 2.22. The van der Waals surface area contributed by atoms with Crippen LogP contribution in [-0.4, -0.2) is 18.1 Å². The maximum atomic E-state index is 5.80. The Labute approximate surface area is 108 Å². The average Bonchev–Trinajstić information content (AvgIpc) is 2.39. The third-order valence-corrected chi connectivity index (χ3v) is 3.45. The highest BCUT2D eigenvalue weighted by atomic mass is 14.9. The second-order valence-electron chi connectivity index (χ2n) is 5.00. The molecule has 1 aromatic heterocycles. The van der Waals surface area contributed by atoms with Gasteiger partial charge in [-0.1, -0.05) is 19.9 Å². The topological polar surface area (TPSA) is 50.9 Å². The van der Waals surface area contributed by atoms with Crippen molar-refractivity contribution in [3.63, 3.8) is 0 Å². The molecule has 0 aliphatic carbocycles. The molecule has 3 nitrogen and oxygen atoms in total. The molecule has 1 heterocycles. The van der Waals surface area contributed by atoms with Crippen molar-refractivity contribution in [2.75, 3.05) is 18.4 Å². The summed E-state index contributed by atoms with van der Waals surface area (Å²) in [6.45, 7) is 6.05. The molecule has 1 atom stereocenters. The van der Waals surface area contributed by atoms with Gasteiger partial charge in [-0.3, -0.25) is 4.98 Å². The Morgan fingerprint density at radius 1 is 1.22 bits per heavy atom. The Hall–Kier alpha value is -1.61. The van der Waals surface area contributed by atoms with Gasteiger partial charge < -0.3 is 11.1 Å². The fourth-order valence-electron chi connectivity index (χ4n) is 2.09. The van der Waals surface area contributed by atoms with Crippen molar-refractivity contribution in [3.8, 4) is 0 Å². The van der Waals surface area contributed by atoms with Gasteiger partial charge in [-0.15, -0.1) is 0 Å². The van der Waals surface area contributed by atoms with Gasteiger partial charge >= 0.3 is 0 Å². The van der Waals surface area contributed by atoms with Gasteiger partial charge in [-0.2, -0.15) is 0 Å². The predicted octanol–water partition coefficient (Wildman–Crippen LogP) is 2.88. The average molecular weight is 243 g/mol. The van der Waals surface area contributed by atoms with E-state index in [4.69, 9.17) is 5.73 Å². The van der Waals surface area contributed by atoms with Crippen LogP contribution in [0, 0.1) is 11.8 Å². The second kappa shape index (κ2) is 5.83. The summed E-state index contributed by atoms with van der Waals surface area (Å²) in [4.78, 5) is 4.36. The minimum absolute atomic E-state index is 0.497. The van der Waals surface area contributed by atoms with E-state index in [1.165, 1.54) is 5.39 Å². The van der Waals surface area contributed by atoms with Crippen LogP contribution in [0.5, 0.6) is 0 Å². The molecule has 0 bridgehead atoms. The molecule has 3 heteroatoms. The van der Waals surface area contributed by atoms with Crippen LogP contribution in [0.4, 0.5) is 5.69 Å². The van der Waals surface area contributed by atoms with E-state index in [9.17, 15) is 0 Å². The quantitative estimate of drug-likeness (QED) is 0.849. The Morgan fingerprint density at radius 2 is 2.06 bits per heavy atom. The number of benzene rings is 1. The van der Waals surface area contributed by atoms with Gasteiger partial charge in [-0.05, 0) is 42.6 Å². The van der Waals surface area contributed by atoms with Crippen LogP contribution in [0.15, 0.2) is 36.5 Å². The van der Waals surface area contributed by atoms with Crippen molar-refractivity contribution in [3.05, 3.63) is 36.5 Å². The minimum atomic E-state index is 0.497. The normalized spacial score (nSPS) is 12.9. The molecule has 2 rings (SSSR count). The van der Waals surface area contributed by atoms with E-state index < -0.39 is 0 Å². The maximum Gasteiger partial charge on any atom is 0.0722 e. The molecule has 18 heavy (non-hydrogen) atoms. The van der Waals surface area contributed by atoms with Gasteiger partial charge in [0.25, 0.3) is 0 Å². The molecule has 0 spiro atoms. The molecule has 0 saturated heterocycles. The van der Waals surface area contributed by atoms with Crippen molar-refractivity contribution in [1.29, 1.82) is 0 Å². The zero-order valence-corrected chi connectivity index (χ0v) is 11.1. The lowest BCUT2D eigenvalue weighted by molar-refractivity contribution is 0.413. The second-order valence-corrected chi connectivity index (χ2v) is 5.00. The number of rotatable bonds is 5. The van der Waals surface area contributed by atoms with Gasteiger partial charge in [0.2, 0.25) is 0 Å². The van der Waals surface area contributed by atoms with Crippen LogP contribution in [0.3, 0.4) is 0 Å². The van der Waals surface area contributed by atoms with E-state index in [1.807, 2.05) is 24.4 Å². The maximum absolute atomic E-state index is 5.80. The predicted molar refractivity (Wildman–Crippen MR) is 77.6 cm³/mol. The van der Waals surface area contributed by atoms with E-state index in [0.29, 0.717) is 18.4 Å². The molecule has 1 unspecified atom stereocenters. The first-order chi connectivity index (χ1) is 8.72. The summed E-state index contributed by atoms with van der Waals surface area (Å²) in [5.41, 5.74) is 7.96. The van der Waals surface area contributed by atoms with E-state index in [1.54, 1.807) is 0 Å². The molecule has 0 radical (unpaired) electrons. The van der Waals surface area contributed by atoms with Crippen molar-refractivity contribution in [1.82, 2.24) is 4.98 Å². The molecular formula is C15H21N3. The lowest BCUT2D eigenvalue weighted by Crippen LogP contribution is -2.27.